The molecule has 1 aromatic carbocycles. The number of nitrogens with zero attached hydrogens (tertiary/aromatic N) is 3. The fourth-order valence-corrected chi connectivity index (χ4v) is 3.96. The summed E-state index contributed by atoms with van der Waals surface area (Å²) in [5, 5.41) is 2.97. The number of hydrogen-bond acceptors (Lipinski definition) is 4. The summed E-state index contributed by atoms with van der Waals surface area (Å²) in [6.07, 6.45) is 2.09. The highest BCUT2D eigenvalue weighted by Crippen LogP contribution is 2.30. The highest BCUT2D eigenvalue weighted by Gasteiger charge is 2.29. The number of amides is 2. The largest absolute Gasteiger partial charge is 0.352 e. The van der Waals surface area contributed by atoms with Crippen LogP contribution in [0.15, 0.2) is 30.3 Å². The van der Waals surface area contributed by atoms with Gasteiger partial charge in [-0.3, -0.25) is 14.6 Å². The van der Waals surface area contributed by atoms with Crippen LogP contribution in [0.4, 0.5) is 8.78 Å². The van der Waals surface area contributed by atoms with Gasteiger partial charge in [-0.1, -0.05) is 0 Å². The number of aryl methyl sites for hydroxylation is 1. The van der Waals surface area contributed by atoms with E-state index in [1.165, 1.54) is 6.07 Å². The molecule has 0 atom stereocenters. The van der Waals surface area contributed by atoms with Crippen molar-refractivity contribution in [3.05, 3.63) is 64.5 Å². The zero-order valence-corrected chi connectivity index (χ0v) is 18.8. The second kappa shape index (κ2) is 10.6. The van der Waals surface area contributed by atoms with Crippen LogP contribution in [-0.4, -0.2) is 66.9 Å². The van der Waals surface area contributed by atoms with E-state index in [2.05, 4.69) is 15.2 Å². The third-order valence-electron chi connectivity index (χ3n) is 5.71. The Balaban J connectivity index is 1.66. The molecule has 2 aromatic rings. The molecule has 6 nitrogen and oxygen atoms in total. The number of pyridine rings is 1. The molecule has 2 heterocycles. The number of nitrogens with one attached hydrogen (secondary N) is 1. The number of piperidine rings is 1. The van der Waals surface area contributed by atoms with Crippen LogP contribution in [0.3, 0.4) is 0 Å². The Morgan fingerprint density at radius 3 is 2.47 bits per heavy atom. The van der Waals surface area contributed by atoms with Gasteiger partial charge in [0.25, 0.3) is 11.8 Å². The predicted molar refractivity (Wildman–Crippen MR) is 119 cm³/mol. The number of halogens is 2. The van der Waals surface area contributed by atoms with Gasteiger partial charge in [-0.2, -0.15) is 0 Å². The Bertz CT molecular complexity index is 972. The first-order valence-corrected chi connectivity index (χ1v) is 10.9. The highest BCUT2D eigenvalue weighted by atomic mass is 19.1. The molecule has 8 heteroatoms. The highest BCUT2D eigenvalue weighted by molar-refractivity contribution is 5.96. The Kier molecular flexibility index (Phi) is 7.90. The maximum absolute atomic E-state index is 14.0. The summed E-state index contributed by atoms with van der Waals surface area (Å²) < 4.78 is 27.2. The van der Waals surface area contributed by atoms with Crippen molar-refractivity contribution in [3.8, 4) is 0 Å². The van der Waals surface area contributed by atoms with Gasteiger partial charge in [0.2, 0.25) is 0 Å². The van der Waals surface area contributed by atoms with Crippen molar-refractivity contribution in [1.29, 1.82) is 0 Å². The maximum atomic E-state index is 14.0. The van der Waals surface area contributed by atoms with E-state index in [9.17, 15) is 18.4 Å². The van der Waals surface area contributed by atoms with Crippen LogP contribution in [0.25, 0.3) is 0 Å². The van der Waals surface area contributed by atoms with Crippen LogP contribution in [0.5, 0.6) is 0 Å². The summed E-state index contributed by atoms with van der Waals surface area (Å²) in [4.78, 5) is 33.8. The molecule has 32 heavy (non-hydrogen) atoms. The van der Waals surface area contributed by atoms with Crippen LogP contribution in [-0.2, 0) is 0 Å². The van der Waals surface area contributed by atoms with E-state index in [-0.39, 0.29) is 17.4 Å². The van der Waals surface area contributed by atoms with Gasteiger partial charge < -0.3 is 15.1 Å². The van der Waals surface area contributed by atoms with Crippen molar-refractivity contribution < 1.29 is 18.4 Å². The molecule has 0 aliphatic carbocycles. The SMILES string of the molecule is Cc1ccc(C(=O)NCCCN(C)C)c(C2CCN(C(=O)c3ccc(F)cc3F)CC2)n1. The number of benzene rings is 1. The van der Waals surface area contributed by atoms with Crippen LogP contribution in [0.1, 0.15) is 57.3 Å². The molecule has 1 aliphatic rings. The number of hydrogen-bond donors (Lipinski definition) is 1. The second-order valence-electron chi connectivity index (χ2n) is 8.49. The smallest absolute Gasteiger partial charge is 0.256 e. The lowest BCUT2D eigenvalue weighted by Crippen LogP contribution is -2.39. The summed E-state index contributed by atoms with van der Waals surface area (Å²) in [5.41, 5.74) is 2.01. The van der Waals surface area contributed by atoms with Crippen molar-refractivity contribution >= 4 is 11.8 Å². The van der Waals surface area contributed by atoms with Crippen molar-refractivity contribution in [2.24, 2.45) is 0 Å². The van der Waals surface area contributed by atoms with Gasteiger partial charge in [-0.15, -0.1) is 0 Å². The van der Waals surface area contributed by atoms with E-state index in [1.54, 1.807) is 4.90 Å². The molecule has 2 amide bonds. The Hall–Kier alpha value is -2.87. The molecule has 0 saturated carbocycles. The molecular formula is C24H30F2N4O2. The number of rotatable bonds is 7. The number of aromatic nitrogens is 1. The molecule has 0 spiro atoms. The summed E-state index contributed by atoms with van der Waals surface area (Å²) in [6, 6.07) is 6.63. The molecule has 0 unspecified atom stereocenters. The zero-order valence-electron chi connectivity index (χ0n) is 18.8. The summed E-state index contributed by atoms with van der Waals surface area (Å²) in [6.45, 7) is 4.19. The van der Waals surface area contributed by atoms with Crippen molar-refractivity contribution in [3.63, 3.8) is 0 Å². The van der Waals surface area contributed by atoms with E-state index in [0.29, 0.717) is 38.0 Å². The minimum atomic E-state index is -0.856. The van der Waals surface area contributed by atoms with Crippen LogP contribution in [0.2, 0.25) is 0 Å². The Labute approximate surface area is 187 Å². The van der Waals surface area contributed by atoms with Gasteiger partial charge in [-0.25, -0.2) is 8.78 Å². The summed E-state index contributed by atoms with van der Waals surface area (Å²) in [5.74, 6) is -2.13. The lowest BCUT2D eigenvalue weighted by atomic mass is 9.89. The van der Waals surface area contributed by atoms with E-state index >= 15 is 0 Å². The van der Waals surface area contributed by atoms with Crippen molar-refractivity contribution in [2.75, 3.05) is 40.3 Å². The second-order valence-corrected chi connectivity index (χ2v) is 8.49. The normalized spacial score (nSPS) is 14.6. The molecule has 3 rings (SSSR count). The molecule has 1 fully saturated rings. The topological polar surface area (TPSA) is 65.5 Å². The molecule has 1 saturated heterocycles. The molecule has 1 aliphatic heterocycles. The van der Waals surface area contributed by atoms with Gasteiger partial charge in [0.15, 0.2) is 0 Å². The molecule has 1 N–H and O–H groups in total. The fourth-order valence-electron chi connectivity index (χ4n) is 3.96. The molecule has 172 valence electrons. The molecule has 0 radical (unpaired) electrons. The minimum Gasteiger partial charge on any atom is -0.352 e. The number of likely N-dealkylation sites (tertiary alicyclic amines) is 1. The minimum absolute atomic E-state index is 0.0274. The third kappa shape index (κ3) is 5.88. The summed E-state index contributed by atoms with van der Waals surface area (Å²) in [7, 11) is 3.98. The maximum Gasteiger partial charge on any atom is 0.256 e. The lowest BCUT2D eigenvalue weighted by molar-refractivity contribution is 0.0705. The van der Waals surface area contributed by atoms with E-state index in [1.807, 2.05) is 33.2 Å². The molecule has 0 bridgehead atoms. The van der Waals surface area contributed by atoms with Crippen molar-refractivity contribution in [1.82, 2.24) is 20.1 Å². The van der Waals surface area contributed by atoms with Crippen molar-refractivity contribution in [2.45, 2.75) is 32.1 Å². The number of carbonyl (C=O) groups is 2. The number of carbonyl (C=O) groups excluding carboxylic acids is 2. The van der Waals surface area contributed by atoms with Gasteiger partial charge in [-0.05, 0) is 71.1 Å². The van der Waals surface area contributed by atoms with Gasteiger partial charge >= 0.3 is 0 Å². The van der Waals surface area contributed by atoms with E-state index in [4.69, 9.17) is 0 Å². The van der Waals surface area contributed by atoms with E-state index < -0.39 is 17.5 Å². The first-order valence-electron chi connectivity index (χ1n) is 10.9. The van der Waals surface area contributed by atoms with Gasteiger partial charge in [0.1, 0.15) is 11.6 Å². The van der Waals surface area contributed by atoms with Gasteiger partial charge in [0.05, 0.1) is 16.8 Å². The van der Waals surface area contributed by atoms with Crippen LogP contribution >= 0.6 is 0 Å². The Morgan fingerprint density at radius 1 is 1.12 bits per heavy atom. The first kappa shape index (κ1) is 23.8. The average molecular weight is 445 g/mol. The quantitative estimate of drug-likeness (QED) is 0.665. The monoisotopic (exact) mass is 444 g/mol. The molecule has 1 aromatic heterocycles. The lowest BCUT2D eigenvalue weighted by Gasteiger charge is -2.32. The average Bonchev–Trinajstić information content (AvgIpc) is 2.76. The standard InChI is InChI=1S/C24H30F2N4O2/c1-16-5-7-20(23(31)27-11-4-12-29(2)3)22(28-16)17-9-13-30(14-10-17)24(32)19-8-6-18(25)15-21(19)26/h5-8,15,17H,4,9-14H2,1-3H3,(H,27,31). The predicted octanol–water partition coefficient (Wildman–Crippen LogP) is 3.37. The van der Waals surface area contributed by atoms with Gasteiger partial charge in [0, 0.05) is 37.3 Å². The fraction of sp³-hybridized carbons (Fsp3) is 0.458. The zero-order chi connectivity index (χ0) is 23.3. The van der Waals surface area contributed by atoms with E-state index in [0.717, 1.165) is 36.5 Å². The van der Waals surface area contributed by atoms with Crippen LogP contribution < -0.4 is 5.32 Å². The first-order chi connectivity index (χ1) is 15.3. The third-order valence-corrected chi connectivity index (χ3v) is 5.71. The van der Waals surface area contributed by atoms with Crippen LogP contribution in [0, 0.1) is 18.6 Å². The molecular weight excluding hydrogens is 414 g/mol. The Morgan fingerprint density at radius 2 is 1.81 bits per heavy atom. The summed E-state index contributed by atoms with van der Waals surface area (Å²) >= 11 is 0.